The number of aliphatic carboxylic acids is 2. The van der Waals surface area contributed by atoms with E-state index in [2.05, 4.69) is 0 Å². The van der Waals surface area contributed by atoms with Crippen LogP contribution in [0.2, 0.25) is 0 Å². The first-order valence-corrected chi connectivity index (χ1v) is 6.11. The molecule has 0 saturated heterocycles. The third-order valence-electron chi connectivity index (χ3n) is 2.03. The smallest absolute Gasteiger partial charge is 0.744 e. The topological polar surface area (TPSA) is 132 Å². The molecule has 0 aliphatic carbocycles. The minimum absolute atomic E-state index is 0. The fourth-order valence-corrected chi connectivity index (χ4v) is 2.02. The van der Waals surface area contributed by atoms with E-state index < -0.39 is 39.8 Å². The minimum atomic E-state index is -4.76. The molecule has 0 aliphatic heterocycles. The molecular formula is C10H9NaO7S. The second-order valence-corrected chi connectivity index (χ2v) is 4.96. The van der Waals surface area contributed by atoms with E-state index in [1.54, 1.807) is 0 Å². The van der Waals surface area contributed by atoms with Crippen molar-refractivity contribution in [1.29, 1.82) is 0 Å². The van der Waals surface area contributed by atoms with Crippen molar-refractivity contribution in [1.82, 2.24) is 0 Å². The van der Waals surface area contributed by atoms with Gasteiger partial charge in [-0.25, -0.2) is 8.42 Å². The summed E-state index contributed by atoms with van der Waals surface area (Å²) in [5.74, 6) is -2.42. The van der Waals surface area contributed by atoms with Gasteiger partial charge in [0.05, 0.1) is 17.7 Å². The zero-order chi connectivity index (χ0) is 13.9. The molecule has 0 unspecified atom stereocenters. The van der Waals surface area contributed by atoms with Gasteiger partial charge in [-0.2, -0.15) is 0 Å². The Morgan fingerprint density at radius 1 is 1.00 bits per heavy atom. The molecule has 1 aromatic rings. The maximum Gasteiger partial charge on any atom is 1.00 e. The van der Waals surface area contributed by atoms with Crippen molar-refractivity contribution < 1.29 is 62.3 Å². The van der Waals surface area contributed by atoms with Crippen molar-refractivity contribution in [2.45, 2.75) is 17.7 Å². The quantitative estimate of drug-likeness (QED) is 0.433. The van der Waals surface area contributed by atoms with Crippen molar-refractivity contribution in [3.8, 4) is 0 Å². The van der Waals surface area contributed by atoms with Crippen LogP contribution in [-0.4, -0.2) is 35.1 Å². The second-order valence-electron chi connectivity index (χ2n) is 3.58. The van der Waals surface area contributed by atoms with E-state index in [1.165, 1.54) is 6.07 Å². The van der Waals surface area contributed by atoms with E-state index in [-0.39, 0.29) is 40.7 Å². The van der Waals surface area contributed by atoms with Crippen LogP contribution in [0.5, 0.6) is 0 Å². The molecule has 0 aliphatic rings. The molecule has 0 radical (unpaired) electrons. The SMILES string of the molecule is O=C(O)Cc1cc(CC(=O)O)cc(S(=O)(=O)[O-])c1.[Na+]. The Morgan fingerprint density at radius 3 is 1.63 bits per heavy atom. The zero-order valence-corrected chi connectivity index (χ0v) is 12.8. The fraction of sp³-hybridized carbons (Fsp3) is 0.200. The van der Waals surface area contributed by atoms with Crippen molar-refractivity contribution in [2.75, 3.05) is 0 Å². The summed E-state index contributed by atoms with van der Waals surface area (Å²) in [6.07, 6.45) is -0.980. The monoisotopic (exact) mass is 296 g/mol. The largest absolute Gasteiger partial charge is 1.00 e. The van der Waals surface area contributed by atoms with E-state index in [4.69, 9.17) is 10.2 Å². The molecule has 0 atom stereocenters. The molecule has 9 heteroatoms. The van der Waals surface area contributed by atoms with Crippen LogP contribution in [-0.2, 0) is 32.5 Å². The maximum atomic E-state index is 10.9. The summed E-state index contributed by atoms with van der Waals surface area (Å²) in [7, 11) is -4.76. The molecule has 19 heavy (non-hydrogen) atoms. The van der Waals surface area contributed by atoms with Gasteiger partial charge in [-0.1, -0.05) is 6.07 Å². The predicted octanol–water partition coefficient (Wildman–Crippen LogP) is -3.15. The second kappa shape index (κ2) is 7.01. The summed E-state index contributed by atoms with van der Waals surface area (Å²) in [6.45, 7) is 0. The molecule has 98 valence electrons. The Bertz CT molecular complexity index is 560. The van der Waals surface area contributed by atoms with Crippen LogP contribution in [0.4, 0.5) is 0 Å². The summed E-state index contributed by atoms with van der Waals surface area (Å²) in [5.41, 5.74) is 0.131. The molecule has 1 rings (SSSR count). The van der Waals surface area contributed by atoms with E-state index in [0.717, 1.165) is 12.1 Å². The molecule has 0 bridgehead atoms. The molecule has 0 heterocycles. The molecule has 0 aromatic heterocycles. The van der Waals surface area contributed by atoms with E-state index in [1.807, 2.05) is 0 Å². The number of carboxylic acid groups (broad SMARTS) is 2. The van der Waals surface area contributed by atoms with Gasteiger partial charge in [0.1, 0.15) is 10.1 Å². The summed E-state index contributed by atoms with van der Waals surface area (Å²) in [5, 5.41) is 17.2. The Balaban J connectivity index is 0.00000324. The number of carboxylic acids is 2. The Hall–Kier alpha value is -0.930. The van der Waals surface area contributed by atoms with Gasteiger partial charge in [0, 0.05) is 0 Å². The molecule has 0 fully saturated rings. The molecule has 7 nitrogen and oxygen atoms in total. The zero-order valence-electron chi connectivity index (χ0n) is 9.99. The van der Waals surface area contributed by atoms with Gasteiger partial charge in [-0.05, 0) is 23.3 Å². The van der Waals surface area contributed by atoms with Gasteiger partial charge >= 0.3 is 41.5 Å². The first-order chi connectivity index (χ1) is 8.18. The minimum Gasteiger partial charge on any atom is -0.744 e. The molecule has 1 aromatic carbocycles. The van der Waals surface area contributed by atoms with E-state index in [9.17, 15) is 22.6 Å². The molecular weight excluding hydrogens is 287 g/mol. The Morgan fingerprint density at radius 2 is 1.37 bits per heavy atom. The summed E-state index contributed by atoms with van der Waals surface area (Å²) < 4.78 is 32.6. The number of benzene rings is 1. The van der Waals surface area contributed by atoms with Crippen LogP contribution >= 0.6 is 0 Å². The van der Waals surface area contributed by atoms with Crippen molar-refractivity contribution in [2.24, 2.45) is 0 Å². The average Bonchev–Trinajstić information content (AvgIpc) is 2.13. The average molecular weight is 296 g/mol. The molecule has 0 amide bonds. The van der Waals surface area contributed by atoms with Crippen molar-refractivity contribution >= 4 is 22.1 Å². The predicted molar refractivity (Wildman–Crippen MR) is 57.1 cm³/mol. The fourth-order valence-electron chi connectivity index (χ4n) is 1.43. The summed E-state index contributed by atoms with van der Waals surface area (Å²) >= 11 is 0. The third kappa shape index (κ3) is 6.17. The molecule has 0 spiro atoms. The van der Waals surface area contributed by atoms with Crippen molar-refractivity contribution in [3.63, 3.8) is 0 Å². The van der Waals surface area contributed by atoms with E-state index in [0.29, 0.717) is 0 Å². The van der Waals surface area contributed by atoms with Gasteiger partial charge in [0.2, 0.25) is 0 Å². The van der Waals surface area contributed by atoms with E-state index >= 15 is 0 Å². The number of carbonyl (C=O) groups is 2. The van der Waals surface area contributed by atoms with Gasteiger partial charge in [-0.15, -0.1) is 0 Å². The third-order valence-corrected chi connectivity index (χ3v) is 2.84. The van der Waals surface area contributed by atoms with Gasteiger partial charge in [0.25, 0.3) is 0 Å². The van der Waals surface area contributed by atoms with Crippen LogP contribution < -0.4 is 29.6 Å². The number of rotatable bonds is 5. The Kier molecular flexibility index (Phi) is 6.67. The van der Waals surface area contributed by atoms with Gasteiger partial charge in [0.15, 0.2) is 0 Å². The molecule has 0 saturated carbocycles. The van der Waals surface area contributed by atoms with Crippen molar-refractivity contribution in [3.05, 3.63) is 29.3 Å². The number of hydrogen-bond acceptors (Lipinski definition) is 5. The van der Waals surface area contributed by atoms with Crippen LogP contribution in [0.1, 0.15) is 11.1 Å². The van der Waals surface area contributed by atoms with Gasteiger partial charge in [-0.3, -0.25) is 9.59 Å². The summed E-state index contributed by atoms with van der Waals surface area (Å²) in [4.78, 5) is 20.4. The first-order valence-electron chi connectivity index (χ1n) is 4.71. The normalized spacial score (nSPS) is 10.6. The van der Waals surface area contributed by atoms with Crippen LogP contribution in [0.3, 0.4) is 0 Å². The van der Waals surface area contributed by atoms with Crippen LogP contribution in [0, 0.1) is 0 Å². The molecule has 2 N–H and O–H groups in total. The Labute approximate surface area is 131 Å². The first kappa shape index (κ1) is 18.1. The van der Waals surface area contributed by atoms with Crippen LogP contribution in [0.15, 0.2) is 23.1 Å². The number of hydrogen-bond donors (Lipinski definition) is 2. The van der Waals surface area contributed by atoms with Gasteiger partial charge < -0.3 is 14.8 Å². The summed E-state index contributed by atoms with van der Waals surface area (Å²) in [6, 6.07) is 3.11. The van der Waals surface area contributed by atoms with Crippen LogP contribution in [0.25, 0.3) is 0 Å². The maximum absolute atomic E-state index is 10.9. The standard InChI is InChI=1S/C10H10O7S.Na/c11-9(12)4-6-1-7(5-10(13)14)3-8(2-6)18(15,16)17;/h1-3H,4-5H2,(H,11,12)(H,13,14)(H,15,16,17);/q;+1/p-1.